The van der Waals surface area contributed by atoms with Crippen LogP contribution >= 0.6 is 0 Å². The molecule has 0 fully saturated rings. The summed E-state index contributed by atoms with van der Waals surface area (Å²) in [5.41, 5.74) is 0. The van der Waals surface area contributed by atoms with Gasteiger partial charge in [0.05, 0.1) is 0 Å². The van der Waals surface area contributed by atoms with E-state index in [1.807, 2.05) is 13.8 Å². The normalized spacial score (nSPS) is 14.1. The van der Waals surface area contributed by atoms with Gasteiger partial charge in [0.1, 0.15) is 0 Å². The Hall–Kier alpha value is -0.620. The van der Waals surface area contributed by atoms with Gasteiger partial charge in [-0.1, -0.05) is 13.8 Å². The molecule has 1 atom stereocenters. The van der Waals surface area contributed by atoms with Crippen LogP contribution in [0.5, 0.6) is 0 Å². The Morgan fingerprint density at radius 2 is 1.67 bits per heavy atom. The van der Waals surface area contributed by atoms with E-state index in [1.165, 1.54) is 11.2 Å². The predicted octanol–water partition coefficient (Wildman–Crippen LogP) is 0.911. The number of carboxylic acids is 1. The third-order valence-corrected chi connectivity index (χ3v) is 4.28. The largest absolute Gasteiger partial charge is 0.480 e. The Morgan fingerprint density at radius 1 is 1.27 bits per heavy atom. The molecule has 0 spiro atoms. The van der Waals surface area contributed by atoms with E-state index >= 15 is 0 Å². The van der Waals surface area contributed by atoms with Crippen LogP contribution in [0.4, 0.5) is 0 Å². The molecule has 15 heavy (non-hydrogen) atoms. The van der Waals surface area contributed by atoms with Crippen LogP contribution in [0, 0.1) is 0 Å². The molecule has 0 aliphatic carbocycles. The zero-order valence-electron chi connectivity index (χ0n) is 9.43. The van der Waals surface area contributed by atoms with Gasteiger partial charge in [-0.3, -0.25) is 4.79 Å². The average Bonchev–Trinajstić information content (AvgIpc) is 2.16. The zero-order valence-corrected chi connectivity index (χ0v) is 10.2. The molecule has 0 aromatic heterocycles. The second-order valence-corrected chi connectivity index (χ2v) is 5.68. The maximum absolute atomic E-state index is 11.8. The summed E-state index contributed by atoms with van der Waals surface area (Å²) in [6, 6.07) is 0. The number of hydrogen-bond donors (Lipinski definition) is 1. The van der Waals surface area contributed by atoms with E-state index in [4.69, 9.17) is 5.11 Å². The molecule has 0 radical (unpaired) electrons. The van der Waals surface area contributed by atoms with Gasteiger partial charge < -0.3 is 5.11 Å². The van der Waals surface area contributed by atoms with Crippen molar-refractivity contribution in [1.29, 1.82) is 0 Å². The van der Waals surface area contributed by atoms with Crippen LogP contribution in [-0.4, -0.2) is 42.1 Å². The number of carboxylic acid groups (broad SMARTS) is 1. The lowest BCUT2D eigenvalue weighted by molar-refractivity contribution is -0.136. The van der Waals surface area contributed by atoms with Gasteiger partial charge in [0.2, 0.25) is 10.0 Å². The molecule has 1 N–H and O–H groups in total. The highest BCUT2D eigenvalue weighted by molar-refractivity contribution is 7.90. The van der Waals surface area contributed by atoms with Crippen molar-refractivity contribution in [3.8, 4) is 0 Å². The molecule has 0 aromatic rings. The number of rotatable bonds is 7. The van der Waals surface area contributed by atoms with Crippen molar-refractivity contribution < 1.29 is 18.3 Å². The van der Waals surface area contributed by atoms with Gasteiger partial charge in [-0.15, -0.1) is 0 Å². The fourth-order valence-corrected chi connectivity index (χ4v) is 2.79. The van der Waals surface area contributed by atoms with Crippen molar-refractivity contribution in [2.45, 2.75) is 38.9 Å². The van der Waals surface area contributed by atoms with Crippen LogP contribution < -0.4 is 0 Å². The molecular weight excluding hydrogens is 218 g/mol. The first kappa shape index (κ1) is 14.4. The minimum atomic E-state index is -3.69. The van der Waals surface area contributed by atoms with E-state index in [-0.39, 0.29) is 0 Å². The number of carbonyl (C=O) groups is 1. The summed E-state index contributed by atoms with van der Waals surface area (Å²) in [4.78, 5) is 10.7. The predicted molar refractivity (Wildman–Crippen MR) is 58.2 cm³/mol. The lowest BCUT2D eigenvalue weighted by atomic mass is 10.4. The van der Waals surface area contributed by atoms with Crippen LogP contribution in [-0.2, 0) is 14.8 Å². The van der Waals surface area contributed by atoms with E-state index in [0.29, 0.717) is 25.9 Å². The van der Waals surface area contributed by atoms with Crippen LogP contribution in [0.3, 0.4) is 0 Å². The highest BCUT2D eigenvalue weighted by Crippen LogP contribution is 2.10. The Labute approximate surface area is 91.1 Å². The molecule has 0 amide bonds. The summed E-state index contributed by atoms with van der Waals surface area (Å²) >= 11 is 0. The third-order valence-electron chi connectivity index (χ3n) is 2.10. The molecular formula is C9H19NO4S. The Balaban J connectivity index is 4.85. The van der Waals surface area contributed by atoms with Gasteiger partial charge in [0.15, 0.2) is 5.25 Å². The molecule has 0 saturated heterocycles. The molecule has 1 unspecified atom stereocenters. The second-order valence-electron chi connectivity index (χ2n) is 3.42. The third kappa shape index (κ3) is 3.79. The summed E-state index contributed by atoms with van der Waals surface area (Å²) in [6.07, 6.45) is 1.37. The first-order valence-corrected chi connectivity index (χ1v) is 6.60. The summed E-state index contributed by atoms with van der Waals surface area (Å²) in [6.45, 7) is 5.70. The van der Waals surface area contributed by atoms with Gasteiger partial charge in [-0.05, 0) is 19.8 Å². The average molecular weight is 237 g/mol. The van der Waals surface area contributed by atoms with Gasteiger partial charge >= 0.3 is 5.97 Å². The zero-order chi connectivity index (χ0) is 12.1. The van der Waals surface area contributed by atoms with E-state index < -0.39 is 21.2 Å². The number of aliphatic carboxylic acids is 1. The summed E-state index contributed by atoms with van der Waals surface area (Å²) in [5, 5.41) is 7.33. The molecule has 6 heteroatoms. The number of nitrogens with zero attached hydrogens (tertiary/aromatic N) is 1. The second kappa shape index (κ2) is 6.07. The van der Waals surface area contributed by atoms with Gasteiger partial charge in [0.25, 0.3) is 0 Å². The fraction of sp³-hybridized carbons (Fsp3) is 0.889. The Bertz CT molecular complexity index is 293. The van der Waals surface area contributed by atoms with Crippen LogP contribution in [0.1, 0.15) is 33.6 Å². The summed E-state index contributed by atoms with van der Waals surface area (Å²) < 4.78 is 24.8. The maximum Gasteiger partial charge on any atom is 0.323 e. The number of sulfonamides is 1. The van der Waals surface area contributed by atoms with Gasteiger partial charge in [-0.2, -0.15) is 0 Å². The Kier molecular flexibility index (Phi) is 5.82. The SMILES string of the molecule is CCCN(CCC)S(=O)(=O)C(C)C(=O)O. The highest BCUT2D eigenvalue weighted by Gasteiger charge is 2.32. The van der Waals surface area contributed by atoms with E-state index in [0.717, 1.165) is 0 Å². The highest BCUT2D eigenvalue weighted by atomic mass is 32.2. The lowest BCUT2D eigenvalue weighted by Gasteiger charge is -2.22. The van der Waals surface area contributed by atoms with Crippen LogP contribution in [0.25, 0.3) is 0 Å². The summed E-state index contributed by atoms with van der Waals surface area (Å²) in [5.74, 6) is -1.30. The molecule has 0 aliphatic heterocycles. The van der Waals surface area contributed by atoms with Gasteiger partial charge in [-0.25, -0.2) is 12.7 Å². The maximum atomic E-state index is 11.8. The topological polar surface area (TPSA) is 74.7 Å². The number of hydrogen-bond acceptors (Lipinski definition) is 3. The molecule has 0 aliphatic rings. The standard InChI is InChI=1S/C9H19NO4S/c1-4-6-10(7-5-2)15(13,14)8(3)9(11)12/h8H,4-7H2,1-3H3,(H,11,12). The van der Waals surface area contributed by atoms with Crippen molar-refractivity contribution in [2.24, 2.45) is 0 Å². The first-order valence-electron chi connectivity index (χ1n) is 5.09. The lowest BCUT2D eigenvalue weighted by Crippen LogP contribution is -2.41. The molecule has 90 valence electrons. The van der Waals surface area contributed by atoms with Crippen molar-refractivity contribution >= 4 is 16.0 Å². The molecule has 0 aromatic carbocycles. The van der Waals surface area contributed by atoms with Crippen molar-refractivity contribution in [3.63, 3.8) is 0 Å². The molecule has 0 heterocycles. The molecule has 0 bridgehead atoms. The smallest absolute Gasteiger partial charge is 0.323 e. The minimum Gasteiger partial charge on any atom is -0.480 e. The van der Waals surface area contributed by atoms with Crippen LogP contribution in [0.2, 0.25) is 0 Å². The van der Waals surface area contributed by atoms with Crippen molar-refractivity contribution in [2.75, 3.05) is 13.1 Å². The summed E-state index contributed by atoms with van der Waals surface area (Å²) in [7, 11) is -3.69. The molecule has 0 rings (SSSR count). The molecule has 0 saturated carbocycles. The van der Waals surface area contributed by atoms with Crippen molar-refractivity contribution in [3.05, 3.63) is 0 Å². The fourth-order valence-electron chi connectivity index (χ4n) is 1.22. The minimum absolute atomic E-state index is 0.383. The van der Waals surface area contributed by atoms with E-state index in [9.17, 15) is 13.2 Å². The van der Waals surface area contributed by atoms with E-state index in [1.54, 1.807) is 0 Å². The quantitative estimate of drug-likeness (QED) is 0.714. The van der Waals surface area contributed by atoms with Crippen molar-refractivity contribution in [1.82, 2.24) is 4.31 Å². The van der Waals surface area contributed by atoms with Crippen LogP contribution in [0.15, 0.2) is 0 Å². The van der Waals surface area contributed by atoms with E-state index in [2.05, 4.69) is 0 Å². The molecule has 5 nitrogen and oxygen atoms in total. The first-order chi connectivity index (χ1) is 6.87. The monoisotopic (exact) mass is 237 g/mol. The Morgan fingerprint density at radius 3 is 1.93 bits per heavy atom. The van der Waals surface area contributed by atoms with Gasteiger partial charge in [0, 0.05) is 13.1 Å².